The van der Waals surface area contributed by atoms with E-state index >= 15 is 0 Å². The van der Waals surface area contributed by atoms with E-state index in [1.165, 1.54) is 0 Å². The van der Waals surface area contributed by atoms with Gasteiger partial charge in [-0.3, -0.25) is 0 Å². The Kier molecular flexibility index (Phi) is 21.4. The molecule has 1 aromatic rings. The van der Waals surface area contributed by atoms with Gasteiger partial charge in [-0.15, -0.1) is 9.79 Å². The summed E-state index contributed by atoms with van der Waals surface area (Å²) in [5.41, 5.74) is 0. The molecule has 0 saturated carbocycles. The minimum atomic E-state index is -2.87. The first kappa shape index (κ1) is 18.3. The molecule has 0 radical (unpaired) electrons. The number of hydrogen-bond acceptors (Lipinski definition) is 1. The van der Waals surface area contributed by atoms with Crippen LogP contribution in [0.1, 0.15) is 0 Å². The van der Waals surface area contributed by atoms with Crippen LogP contribution in [-0.4, -0.2) is 47.5 Å². The predicted octanol–water partition coefficient (Wildman–Crippen LogP) is 1.18. The normalized spacial score (nSPS) is 6.17. The molecule has 0 saturated heterocycles. The van der Waals surface area contributed by atoms with Crippen LogP contribution >= 0.6 is 8.25 Å². The van der Waals surface area contributed by atoms with Gasteiger partial charge in [-0.2, -0.15) is 36.4 Å². The molecule has 0 aliphatic heterocycles. The predicted molar refractivity (Wildman–Crippen MR) is 49.5 cm³/mol. The molecule has 0 aliphatic carbocycles. The molecule has 12 heavy (non-hydrogen) atoms. The summed E-state index contributed by atoms with van der Waals surface area (Å²) in [4.78, 5) is 14.2. The van der Waals surface area contributed by atoms with Crippen LogP contribution < -0.4 is 0 Å². The van der Waals surface area contributed by atoms with Crippen LogP contribution in [0.4, 0.5) is 0 Å². The van der Waals surface area contributed by atoms with E-state index in [1.54, 1.807) is 0 Å². The molecule has 5 heteroatoms. The molecule has 0 spiro atoms. The third-order valence-electron chi connectivity index (χ3n) is 0.607. The van der Waals surface area contributed by atoms with E-state index in [2.05, 4.69) is 6.07 Å². The number of benzene rings is 1. The Bertz CT molecular complexity index is 151. The van der Waals surface area contributed by atoms with Crippen molar-refractivity contribution in [2.75, 3.05) is 0 Å². The Morgan fingerprint density at radius 2 is 1.42 bits per heavy atom. The topological polar surface area (TPSA) is 57.5 Å². The van der Waals surface area contributed by atoms with Crippen molar-refractivity contribution in [2.45, 2.75) is 0 Å². The molecule has 0 bridgehead atoms. The zero-order chi connectivity index (χ0) is 7.82. The maximum Gasteiger partial charge on any atom is 2.00 e. The second-order valence-corrected chi connectivity index (χ2v) is 1.84. The van der Waals surface area contributed by atoms with Crippen molar-refractivity contribution in [2.24, 2.45) is 0 Å². The number of hydrogen-bond donors (Lipinski definition) is 2. The van der Waals surface area contributed by atoms with Gasteiger partial charge in [-0.1, -0.05) is 0 Å². The first-order valence-corrected chi connectivity index (χ1v) is 3.66. The van der Waals surface area contributed by atoms with E-state index in [-0.39, 0.29) is 45.2 Å². The van der Waals surface area contributed by atoms with E-state index in [0.29, 0.717) is 0 Å². The quantitative estimate of drug-likeness (QED) is 0.386. The summed E-state index contributed by atoms with van der Waals surface area (Å²) < 4.78 is 8.70. The van der Waals surface area contributed by atoms with Gasteiger partial charge >= 0.3 is 46.0 Å². The van der Waals surface area contributed by atoms with E-state index in [0.717, 1.165) is 0 Å². The molecule has 0 unspecified atom stereocenters. The second kappa shape index (κ2) is 14.0. The maximum atomic E-state index is 8.70. The molecular weight excluding hydrogens is 203 g/mol. The van der Waals surface area contributed by atoms with Crippen molar-refractivity contribution >= 4 is 46.0 Å². The minimum absolute atomic E-state index is 0. The molecule has 0 atom stereocenters. The summed E-state index contributed by atoms with van der Waals surface area (Å²) in [5.74, 6) is 0. The van der Waals surface area contributed by atoms with E-state index in [1.807, 2.05) is 30.3 Å². The monoisotopic (exact) mass is 213 g/mol. The Morgan fingerprint density at radius 3 is 1.50 bits per heavy atom. The molecule has 0 fully saturated rings. The van der Waals surface area contributed by atoms with Crippen LogP contribution in [0.25, 0.3) is 0 Å². The molecule has 2 N–H and O–H groups in total. The van der Waals surface area contributed by atoms with Gasteiger partial charge in [-0.05, 0) is 0 Å². The third kappa shape index (κ3) is 22.4. The molecule has 3 nitrogen and oxygen atoms in total. The van der Waals surface area contributed by atoms with Crippen LogP contribution in [0.3, 0.4) is 0 Å². The zero-order valence-corrected chi connectivity index (χ0v) is 9.95. The van der Waals surface area contributed by atoms with Crippen molar-refractivity contribution in [3.8, 4) is 0 Å². The molecular formula is C7H10CaO3P+. The summed E-state index contributed by atoms with van der Waals surface area (Å²) in [6.07, 6.45) is 0. The van der Waals surface area contributed by atoms with Crippen LogP contribution in [0.2, 0.25) is 0 Å². The standard InChI is InChI=1S/C6H5.CH3.Ca.HO3P/c1-2-4-6-5-3-1;;;1-4(2)3/h1-5H;1H3;;(H-,1,2,3)/q2*-1;+2;/p+1. The minimum Gasteiger partial charge on any atom is -0.358 e. The molecule has 0 amide bonds. The van der Waals surface area contributed by atoms with Gasteiger partial charge in [-0.25, -0.2) is 0 Å². The Hall–Kier alpha value is 0.500. The van der Waals surface area contributed by atoms with Gasteiger partial charge in [0.05, 0.1) is 0 Å². The van der Waals surface area contributed by atoms with Crippen molar-refractivity contribution in [3.05, 3.63) is 43.8 Å². The Balaban J connectivity index is -0.000000124. The third-order valence-corrected chi connectivity index (χ3v) is 0.607. The largest absolute Gasteiger partial charge is 2.00 e. The molecule has 0 aromatic heterocycles. The van der Waals surface area contributed by atoms with Crippen LogP contribution in [-0.2, 0) is 4.57 Å². The van der Waals surface area contributed by atoms with Crippen molar-refractivity contribution < 1.29 is 14.4 Å². The molecule has 0 heterocycles. The van der Waals surface area contributed by atoms with Gasteiger partial charge in [0.2, 0.25) is 0 Å². The molecule has 0 aliphatic rings. The fraction of sp³-hybridized carbons (Fsp3) is 0. The molecule has 1 aromatic carbocycles. The zero-order valence-electron chi connectivity index (χ0n) is 6.84. The van der Waals surface area contributed by atoms with Crippen LogP contribution in [0.15, 0.2) is 30.3 Å². The van der Waals surface area contributed by atoms with Gasteiger partial charge in [0.25, 0.3) is 0 Å². The second-order valence-electron chi connectivity index (χ2n) is 1.33. The fourth-order valence-corrected chi connectivity index (χ4v) is 0.342. The van der Waals surface area contributed by atoms with Gasteiger partial charge in [0, 0.05) is 4.57 Å². The van der Waals surface area contributed by atoms with E-state index in [9.17, 15) is 0 Å². The number of rotatable bonds is 0. The smallest absolute Gasteiger partial charge is 0.358 e. The average molecular weight is 213 g/mol. The molecule has 1 rings (SSSR count). The Labute approximate surface area is 103 Å². The fourth-order valence-electron chi connectivity index (χ4n) is 0.342. The Morgan fingerprint density at radius 1 is 1.08 bits per heavy atom. The summed E-state index contributed by atoms with van der Waals surface area (Å²) in [7, 11) is -2.87. The van der Waals surface area contributed by atoms with Crippen LogP contribution in [0, 0.1) is 13.5 Å². The molecule has 62 valence electrons. The first-order valence-electron chi connectivity index (χ1n) is 2.49. The van der Waals surface area contributed by atoms with Crippen LogP contribution in [0.5, 0.6) is 0 Å². The summed E-state index contributed by atoms with van der Waals surface area (Å²) in [6.45, 7) is 0. The SMILES string of the molecule is O=[P+](O)O.[CH3-].[Ca+2].[c-]1ccccc1. The summed E-state index contributed by atoms with van der Waals surface area (Å²) in [6, 6.07) is 12.5. The summed E-state index contributed by atoms with van der Waals surface area (Å²) >= 11 is 0. The first-order chi connectivity index (χ1) is 4.73. The van der Waals surface area contributed by atoms with Crippen molar-refractivity contribution in [1.82, 2.24) is 0 Å². The van der Waals surface area contributed by atoms with E-state index in [4.69, 9.17) is 14.4 Å². The maximum absolute atomic E-state index is 8.70. The van der Waals surface area contributed by atoms with Crippen molar-refractivity contribution in [3.63, 3.8) is 0 Å². The summed E-state index contributed by atoms with van der Waals surface area (Å²) in [5, 5.41) is 0. The van der Waals surface area contributed by atoms with Gasteiger partial charge in [0.1, 0.15) is 0 Å². The van der Waals surface area contributed by atoms with Crippen molar-refractivity contribution in [1.29, 1.82) is 0 Å². The average Bonchev–Trinajstić information content (AvgIpc) is 1.90. The van der Waals surface area contributed by atoms with E-state index < -0.39 is 8.25 Å². The van der Waals surface area contributed by atoms with Gasteiger partial charge < -0.3 is 7.43 Å². The van der Waals surface area contributed by atoms with Gasteiger partial charge in [0.15, 0.2) is 0 Å².